The Morgan fingerprint density at radius 1 is 1.18 bits per heavy atom. The van der Waals surface area contributed by atoms with Crippen molar-refractivity contribution in [3.8, 4) is 5.75 Å². The first-order valence-electron chi connectivity index (χ1n) is 9.44. The first kappa shape index (κ1) is 18.3. The fourth-order valence-corrected chi connectivity index (χ4v) is 3.34. The molecule has 28 heavy (non-hydrogen) atoms. The minimum Gasteiger partial charge on any atom is -0.497 e. The van der Waals surface area contributed by atoms with Crippen LogP contribution in [-0.2, 0) is 6.42 Å². The zero-order valence-corrected chi connectivity index (χ0v) is 16.1. The number of aliphatic hydroxyl groups excluding tert-OH is 1. The Morgan fingerprint density at radius 2 is 2.00 bits per heavy atom. The molecule has 0 saturated heterocycles. The lowest BCUT2D eigenvalue weighted by atomic mass is 10.0. The number of anilines is 1. The van der Waals surface area contributed by atoms with Gasteiger partial charge in [-0.25, -0.2) is 4.68 Å². The second-order valence-electron chi connectivity index (χ2n) is 6.92. The third-order valence-electron chi connectivity index (χ3n) is 4.87. The fourth-order valence-electron chi connectivity index (χ4n) is 3.34. The predicted molar refractivity (Wildman–Crippen MR) is 109 cm³/mol. The molecule has 3 aromatic rings. The van der Waals surface area contributed by atoms with Gasteiger partial charge in [0.25, 0.3) is 0 Å². The van der Waals surface area contributed by atoms with Crippen LogP contribution in [0.3, 0.4) is 0 Å². The van der Waals surface area contributed by atoms with Gasteiger partial charge in [-0.15, -0.1) is 0 Å². The first-order chi connectivity index (χ1) is 13.7. The molecule has 1 aliphatic rings. The lowest BCUT2D eigenvalue weighted by molar-refractivity contribution is 0.287. The summed E-state index contributed by atoms with van der Waals surface area (Å²) in [7, 11) is 1.67. The van der Waals surface area contributed by atoms with E-state index in [-0.39, 0.29) is 12.6 Å². The van der Waals surface area contributed by atoms with Crippen molar-refractivity contribution in [3.05, 3.63) is 77.1 Å². The van der Waals surface area contributed by atoms with Crippen molar-refractivity contribution in [1.29, 1.82) is 0 Å². The Kier molecular flexibility index (Phi) is 5.12. The molecule has 0 saturated carbocycles. The average molecular weight is 376 g/mol. The van der Waals surface area contributed by atoms with Crippen LogP contribution in [0.15, 0.2) is 54.6 Å². The summed E-state index contributed by atoms with van der Waals surface area (Å²) in [6.07, 6.45) is 3.45. The Morgan fingerprint density at radius 3 is 2.75 bits per heavy atom. The van der Waals surface area contributed by atoms with E-state index in [1.807, 2.05) is 22.9 Å². The van der Waals surface area contributed by atoms with E-state index in [1.54, 1.807) is 7.11 Å². The highest BCUT2D eigenvalue weighted by molar-refractivity contribution is 5.77. The van der Waals surface area contributed by atoms with Crippen molar-refractivity contribution >= 4 is 11.6 Å². The van der Waals surface area contributed by atoms with E-state index in [0.29, 0.717) is 18.8 Å². The number of hydrogen-bond donors (Lipinski definition) is 2. The zero-order chi connectivity index (χ0) is 19.5. The minimum atomic E-state index is -0.0990. The molecule has 2 aromatic carbocycles. The number of aryl methyl sites for hydroxylation is 2. The van der Waals surface area contributed by atoms with Gasteiger partial charge in [-0.1, -0.05) is 42.0 Å². The number of benzene rings is 2. The Bertz CT molecular complexity index is 992. The Labute approximate surface area is 164 Å². The molecule has 1 aromatic heterocycles. The lowest BCUT2D eigenvalue weighted by Crippen LogP contribution is -2.20. The van der Waals surface area contributed by atoms with E-state index >= 15 is 0 Å². The predicted octanol–water partition coefficient (Wildman–Crippen LogP) is 3.58. The number of allylic oxidation sites excluding steroid dienone is 1. The molecular weight excluding hydrogens is 352 g/mol. The van der Waals surface area contributed by atoms with Crippen molar-refractivity contribution in [3.63, 3.8) is 0 Å². The second-order valence-corrected chi connectivity index (χ2v) is 6.92. The van der Waals surface area contributed by atoms with Gasteiger partial charge in [0.15, 0.2) is 5.82 Å². The molecule has 0 radical (unpaired) electrons. The number of nitrogens with one attached hydrogen (secondary N) is 1. The molecule has 0 aliphatic carbocycles. The van der Waals surface area contributed by atoms with Crippen LogP contribution in [0.2, 0.25) is 0 Å². The molecule has 1 unspecified atom stereocenters. The summed E-state index contributed by atoms with van der Waals surface area (Å²) in [5, 5.41) is 17.2. The van der Waals surface area contributed by atoms with E-state index in [9.17, 15) is 0 Å². The topological polar surface area (TPSA) is 72.2 Å². The Balaban J connectivity index is 1.77. The number of methoxy groups -OCH3 is 1. The van der Waals surface area contributed by atoms with Gasteiger partial charge in [-0.05, 0) is 42.7 Å². The van der Waals surface area contributed by atoms with Crippen LogP contribution in [0.25, 0.3) is 5.70 Å². The molecule has 1 atom stereocenters. The van der Waals surface area contributed by atoms with Gasteiger partial charge in [0.1, 0.15) is 11.8 Å². The molecule has 1 aliphatic heterocycles. The summed E-state index contributed by atoms with van der Waals surface area (Å²) in [5.41, 5.74) is 4.40. The van der Waals surface area contributed by atoms with Crippen molar-refractivity contribution in [2.24, 2.45) is 0 Å². The number of ether oxygens (including phenoxy) is 1. The van der Waals surface area contributed by atoms with Crippen LogP contribution in [0.1, 0.15) is 35.0 Å². The van der Waals surface area contributed by atoms with Gasteiger partial charge in [0.2, 0.25) is 5.95 Å². The van der Waals surface area contributed by atoms with Gasteiger partial charge >= 0.3 is 0 Å². The number of hydrogen-bond acceptors (Lipinski definition) is 5. The number of rotatable bonds is 6. The molecule has 0 bridgehead atoms. The summed E-state index contributed by atoms with van der Waals surface area (Å²) >= 11 is 0. The SMILES string of the molecule is COc1cccc(C2C=C(c3ccc(C)cc3)Nc3nc(CCCO)nn32)c1. The maximum atomic E-state index is 9.13. The molecule has 6 heteroatoms. The van der Waals surface area contributed by atoms with Gasteiger partial charge in [0, 0.05) is 18.7 Å². The van der Waals surface area contributed by atoms with E-state index < -0.39 is 0 Å². The minimum absolute atomic E-state index is 0.0990. The first-order valence-corrected chi connectivity index (χ1v) is 9.44. The quantitative estimate of drug-likeness (QED) is 0.688. The van der Waals surface area contributed by atoms with Crippen LogP contribution >= 0.6 is 0 Å². The summed E-state index contributed by atoms with van der Waals surface area (Å²) in [4.78, 5) is 4.66. The molecule has 2 heterocycles. The fraction of sp³-hybridized carbons (Fsp3) is 0.273. The third kappa shape index (κ3) is 3.64. The molecular formula is C22H24N4O2. The van der Waals surface area contributed by atoms with Crippen LogP contribution in [0.5, 0.6) is 5.75 Å². The van der Waals surface area contributed by atoms with E-state index in [4.69, 9.17) is 14.9 Å². The monoisotopic (exact) mass is 376 g/mol. The van der Waals surface area contributed by atoms with Crippen LogP contribution in [-0.4, -0.2) is 33.6 Å². The molecule has 6 nitrogen and oxygen atoms in total. The molecule has 0 amide bonds. The van der Waals surface area contributed by atoms with Gasteiger partial charge in [-0.2, -0.15) is 10.1 Å². The lowest BCUT2D eigenvalue weighted by Gasteiger charge is -2.24. The molecule has 0 spiro atoms. The second kappa shape index (κ2) is 7.86. The van der Waals surface area contributed by atoms with Crippen molar-refractivity contribution in [2.75, 3.05) is 19.0 Å². The highest BCUT2D eigenvalue weighted by Gasteiger charge is 2.25. The highest BCUT2D eigenvalue weighted by atomic mass is 16.5. The van der Waals surface area contributed by atoms with Crippen LogP contribution < -0.4 is 10.1 Å². The van der Waals surface area contributed by atoms with Crippen molar-refractivity contribution in [1.82, 2.24) is 14.8 Å². The van der Waals surface area contributed by atoms with Gasteiger partial charge in [0.05, 0.1) is 7.11 Å². The maximum absolute atomic E-state index is 9.13. The number of nitrogens with zero attached hydrogens (tertiary/aromatic N) is 3. The molecule has 2 N–H and O–H groups in total. The summed E-state index contributed by atoms with van der Waals surface area (Å²) in [6, 6.07) is 16.3. The van der Waals surface area contributed by atoms with Crippen molar-refractivity contribution < 1.29 is 9.84 Å². The number of aliphatic hydroxyl groups is 1. The van der Waals surface area contributed by atoms with E-state index in [2.05, 4.69) is 53.6 Å². The summed E-state index contributed by atoms with van der Waals surface area (Å²) in [5.74, 6) is 2.24. The smallest absolute Gasteiger partial charge is 0.226 e. The zero-order valence-electron chi connectivity index (χ0n) is 16.1. The van der Waals surface area contributed by atoms with E-state index in [1.165, 1.54) is 5.56 Å². The molecule has 144 valence electrons. The van der Waals surface area contributed by atoms with Crippen molar-refractivity contribution in [2.45, 2.75) is 25.8 Å². The van der Waals surface area contributed by atoms with Crippen LogP contribution in [0.4, 0.5) is 5.95 Å². The van der Waals surface area contributed by atoms with E-state index in [0.717, 1.165) is 28.4 Å². The molecule has 0 fully saturated rings. The average Bonchev–Trinajstić information content (AvgIpc) is 3.15. The maximum Gasteiger partial charge on any atom is 0.226 e. The summed E-state index contributed by atoms with van der Waals surface area (Å²) < 4.78 is 7.31. The summed E-state index contributed by atoms with van der Waals surface area (Å²) in [6.45, 7) is 2.21. The van der Waals surface area contributed by atoms with Gasteiger partial charge < -0.3 is 15.2 Å². The third-order valence-corrected chi connectivity index (χ3v) is 4.87. The standard InChI is InChI=1S/C22H24N4O2/c1-15-8-10-16(11-9-15)19-14-20(17-5-3-6-18(13-17)28-2)26-22(23-19)24-21(25-26)7-4-12-27/h3,5-6,8-11,13-14,20,27H,4,7,12H2,1-2H3,(H,23,24,25). The highest BCUT2D eigenvalue weighted by Crippen LogP contribution is 2.33. The number of aromatic nitrogens is 3. The molecule has 4 rings (SSSR count). The van der Waals surface area contributed by atoms with Gasteiger partial charge in [-0.3, -0.25) is 0 Å². The number of fused-ring (bicyclic) bond motifs is 1. The largest absolute Gasteiger partial charge is 0.497 e. The normalized spacial score (nSPS) is 15.5. The Hall–Kier alpha value is -3.12. The van der Waals surface area contributed by atoms with Crippen LogP contribution in [0, 0.1) is 6.92 Å².